The molecule has 0 unspecified atom stereocenters. The normalized spacial score (nSPS) is 17.9. The summed E-state index contributed by atoms with van der Waals surface area (Å²) in [6, 6.07) is 7.99. The Labute approximate surface area is 158 Å². The molecular formula is C20H24FN5O. The van der Waals surface area contributed by atoms with Crippen molar-refractivity contribution < 1.29 is 9.13 Å². The number of rotatable bonds is 5. The number of nitrogens with zero attached hydrogens (tertiary/aromatic N) is 5. The molecule has 1 aliphatic carbocycles. The van der Waals surface area contributed by atoms with Gasteiger partial charge in [0.05, 0.1) is 6.20 Å². The lowest BCUT2D eigenvalue weighted by Crippen LogP contribution is -2.09. The molecule has 0 N–H and O–H groups in total. The summed E-state index contributed by atoms with van der Waals surface area (Å²) in [5.74, 6) is 2.73. The Kier molecular flexibility index (Phi) is 3.87. The van der Waals surface area contributed by atoms with E-state index in [0.29, 0.717) is 11.6 Å². The van der Waals surface area contributed by atoms with Crippen molar-refractivity contribution in [2.75, 3.05) is 0 Å². The first-order chi connectivity index (χ1) is 12.7. The lowest BCUT2D eigenvalue weighted by atomic mass is 10.0. The highest BCUT2D eigenvalue weighted by Gasteiger charge is 2.67. The third kappa shape index (κ3) is 2.81. The Morgan fingerprint density at radius 3 is 2.48 bits per heavy atom. The number of aromatic nitrogens is 5. The van der Waals surface area contributed by atoms with Gasteiger partial charge in [0.15, 0.2) is 11.6 Å². The molecule has 0 saturated heterocycles. The molecule has 1 fully saturated rings. The molecule has 142 valence electrons. The zero-order chi connectivity index (χ0) is 19.4. The van der Waals surface area contributed by atoms with Crippen LogP contribution < -0.4 is 4.74 Å². The van der Waals surface area contributed by atoms with E-state index in [1.54, 1.807) is 23.0 Å². The summed E-state index contributed by atoms with van der Waals surface area (Å²) in [4.78, 5) is 4.79. The minimum atomic E-state index is -0.331. The molecular weight excluding hydrogens is 345 g/mol. The number of ether oxygens (including phenoxy) is 1. The van der Waals surface area contributed by atoms with E-state index in [1.165, 1.54) is 12.1 Å². The second kappa shape index (κ2) is 5.90. The first-order valence-electron chi connectivity index (χ1n) is 9.04. The quantitative estimate of drug-likeness (QED) is 0.685. The summed E-state index contributed by atoms with van der Waals surface area (Å²) in [6.45, 7) is 9.19. The lowest BCUT2D eigenvalue weighted by molar-refractivity contribution is 0.294. The fraction of sp³-hybridized carbons (Fsp3) is 0.450. The van der Waals surface area contributed by atoms with E-state index in [1.807, 2.05) is 17.8 Å². The van der Waals surface area contributed by atoms with Crippen LogP contribution in [0.4, 0.5) is 4.39 Å². The van der Waals surface area contributed by atoms with E-state index < -0.39 is 0 Å². The van der Waals surface area contributed by atoms with Gasteiger partial charge >= 0.3 is 0 Å². The number of aryl methyl sites for hydroxylation is 1. The van der Waals surface area contributed by atoms with Crippen LogP contribution in [0.15, 0.2) is 36.5 Å². The van der Waals surface area contributed by atoms with Crippen molar-refractivity contribution in [2.45, 2.75) is 40.2 Å². The van der Waals surface area contributed by atoms with Gasteiger partial charge in [-0.05, 0) is 23.0 Å². The van der Waals surface area contributed by atoms with Crippen LogP contribution in [-0.2, 0) is 13.7 Å². The molecule has 0 radical (unpaired) electrons. The molecule has 2 aromatic heterocycles. The van der Waals surface area contributed by atoms with Crippen LogP contribution in [0.3, 0.4) is 0 Å². The van der Waals surface area contributed by atoms with Crippen molar-refractivity contribution in [3.05, 3.63) is 54.0 Å². The molecule has 0 spiro atoms. The molecule has 0 bridgehead atoms. The number of benzene rings is 1. The molecule has 3 aromatic rings. The minimum absolute atomic E-state index is 0.122. The summed E-state index contributed by atoms with van der Waals surface area (Å²) < 4.78 is 22.7. The van der Waals surface area contributed by atoms with Crippen molar-refractivity contribution in [1.29, 1.82) is 0 Å². The van der Waals surface area contributed by atoms with Gasteiger partial charge in [-0.15, -0.1) is 5.10 Å². The maximum atomic E-state index is 13.4. The van der Waals surface area contributed by atoms with Crippen molar-refractivity contribution in [3.8, 4) is 11.6 Å². The van der Waals surface area contributed by atoms with Crippen LogP contribution in [0.25, 0.3) is 5.82 Å². The van der Waals surface area contributed by atoms with E-state index in [9.17, 15) is 4.39 Å². The third-order valence-electron chi connectivity index (χ3n) is 6.13. The molecule has 4 rings (SSSR count). The molecule has 6 nitrogen and oxygen atoms in total. The number of halogens is 1. The van der Waals surface area contributed by atoms with Gasteiger partial charge < -0.3 is 4.74 Å². The molecule has 27 heavy (non-hydrogen) atoms. The van der Waals surface area contributed by atoms with Crippen LogP contribution in [0.1, 0.15) is 45.3 Å². The Bertz CT molecular complexity index is 974. The van der Waals surface area contributed by atoms with E-state index in [2.05, 4.69) is 37.9 Å². The predicted octanol–water partition coefficient (Wildman–Crippen LogP) is 3.87. The van der Waals surface area contributed by atoms with Crippen LogP contribution in [0, 0.1) is 16.6 Å². The highest BCUT2D eigenvalue weighted by atomic mass is 19.1. The van der Waals surface area contributed by atoms with Gasteiger partial charge in [-0.25, -0.2) is 9.37 Å². The first kappa shape index (κ1) is 17.7. The highest BCUT2D eigenvalue weighted by Crippen LogP contribution is 2.73. The topological polar surface area (TPSA) is 57.8 Å². The summed E-state index contributed by atoms with van der Waals surface area (Å²) in [7, 11) is 1.88. The number of hydrogen-bond acceptors (Lipinski definition) is 4. The average Bonchev–Trinajstić information content (AvgIpc) is 3.02. The highest BCUT2D eigenvalue weighted by molar-refractivity contribution is 5.32. The second-order valence-corrected chi connectivity index (χ2v) is 8.23. The van der Waals surface area contributed by atoms with Gasteiger partial charge in [-0.3, -0.25) is 4.68 Å². The second-order valence-electron chi connectivity index (χ2n) is 8.23. The third-order valence-corrected chi connectivity index (χ3v) is 6.13. The molecule has 1 aliphatic rings. The fourth-order valence-corrected chi connectivity index (χ4v) is 3.91. The smallest absolute Gasteiger partial charge is 0.188 e. The molecule has 7 heteroatoms. The van der Waals surface area contributed by atoms with E-state index in [0.717, 1.165) is 11.6 Å². The Balaban J connectivity index is 1.67. The summed E-state index contributed by atoms with van der Waals surface area (Å²) in [5.41, 5.74) is 0.244. The van der Waals surface area contributed by atoms with Gasteiger partial charge in [0, 0.05) is 25.1 Å². The molecule has 0 aliphatic heterocycles. The van der Waals surface area contributed by atoms with E-state index in [4.69, 9.17) is 9.72 Å². The predicted molar refractivity (Wildman–Crippen MR) is 99.2 cm³/mol. The van der Waals surface area contributed by atoms with Gasteiger partial charge in [-0.2, -0.15) is 9.78 Å². The zero-order valence-electron chi connectivity index (χ0n) is 16.3. The van der Waals surface area contributed by atoms with Crippen LogP contribution >= 0.6 is 0 Å². The Morgan fingerprint density at radius 1 is 1.15 bits per heavy atom. The maximum absolute atomic E-state index is 13.4. The molecule has 2 heterocycles. The van der Waals surface area contributed by atoms with Gasteiger partial charge in [0.1, 0.15) is 24.0 Å². The monoisotopic (exact) mass is 369 g/mol. The summed E-state index contributed by atoms with van der Waals surface area (Å²) in [5, 5.41) is 8.92. The minimum Gasteiger partial charge on any atom is -0.485 e. The standard InChI is InChI=1S/C20H24FN5O/c1-19(2)17(20(19,3)4)18-23-15(12-27-14-8-6-7-13(21)11-14)24-26(18)16-9-10-22-25(16)5/h6-11,17H,12H2,1-5H3. The summed E-state index contributed by atoms with van der Waals surface area (Å²) in [6.07, 6.45) is 1.74. The van der Waals surface area contributed by atoms with E-state index >= 15 is 0 Å². The van der Waals surface area contributed by atoms with Gasteiger partial charge in [-0.1, -0.05) is 33.8 Å². The number of hydrogen-bond donors (Lipinski definition) is 0. The van der Waals surface area contributed by atoms with Gasteiger partial charge in [0.2, 0.25) is 0 Å². The van der Waals surface area contributed by atoms with Crippen molar-refractivity contribution in [3.63, 3.8) is 0 Å². The van der Waals surface area contributed by atoms with E-state index in [-0.39, 0.29) is 29.2 Å². The Morgan fingerprint density at radius 2 is 1.89 bits per heavy atom. The largest absolute Gasteiger partial charge is 0.485 e. The van der Waals surface area contributed by atoms with Crippen LogP contribution in [0.2, 0.25) is 0 Å². The summed E-state index contributed by atoms with van der Waals surface area (Å²) >= 11 is 0. The van der Waals surface area contributed by atoms with Crippen molar-refractivity contribution in [2.24, 2.45) is 17.9 Å². The van der Waals surface area contributed by atoms with Crippen LogP contribution in [0.5, 0.6) is 5.75 Å². The fourth-order valence-electron chi connectivity index (χ4n) is 3.91. The maximum Gasteiger partial charge on any atom is 0.188 e. The zero-order valence-corrected chi connectivity index (χ0v) is 16.3. The molecule has 0 amide bonds. The molecule has 1 aromatic carbocycles. The lowest BCUT2D eigenvalue weighted by Gasteiger charge is -2.07. The molecule has 0 atom stereocenters. The average molecular weight is 369 g/mol. The van der Waals surface area contributed by atoms with Crippen molar-refractivity contribution >= 4 is 0 Å². The SMILES string of the molecule is Cn1nccc1-n1nc(COc2cccc(F)c2)nc1C1C(C)(C)C1(C)C. The van der Waals surface area contributed by atoms with Gasteiger partial charge in [0.25, 0.3) is 0 Å². The van der Waals surface area contributed by atoms with Crippen LogP contribution in [-0.4, -0.2) is 24.5 Å². The molecule has 1 saturated carbocycles. The Hall–Kier alpha value is -2.70. The van der Waals surface area contributed by atoms with Crippen molar-refractivity contribution in [1.82, 2.24) is 24.5 Å². The first-order valence-corrected chi connectivity index (χ1v) is 9.04.